The number of aliphatic imine (C=N–C) groups is 1. The molecule has 0 aliphatic rings. The predicted molar refractivity (Wildman–Crippen MR) is 111 cm³/mol. The van der Waals surface area contributed by atoms with Crippen LogP contribution in [-0.2, 0) is 13.1 Å². The van der Waals surface area contributed by atoms with Gasteiger partial charge in [-0.1, -0.05) is 24.3 Å². The van der Waals surface area contributed by atoms with Crippen molar-refractivity contribution in [1.29, 1.82) is 0 Å². The van der Waals surface area contributed by atoms with Gasteiger partial charge in [-0.2, -0.15) is 8.78 Å². The first kappa shape index (κ1) is 21.2. The van der Waals surface area contributed by atoms with Crippen LogP contribution in [0, 0.1) is 6.92 Å². The van der Waals surface area contributed by atoms with Gasteiger partial charge in [0.2, 0.25) is 0 Å². The van der Waals surface area contributed by atoms with Crippen LogP contribution in [-0.4, -0.2) is 33.7 Å². The average molecular weight is 414 g/mol. The third-order valence-corrected chi connectivity index (χ3v) is 4.28. The van der Waals surface area contributed by atoms with E-state index in [1.807, 2.05) is 36.7 Å². The number of guanidine groups is 1. The summed E-state index contributed by atoms with van der Waals surface area (Å²) in [4.78, 5) is 13.2. The number of aromatic nitrogens is 3. The molecule has 0 bridgehead atoms. The van der Waals surface area contributed by atoms with Crippen molar-refractivity contribution < 1.29 is 13.5 Å². The number of hydrogen-bond acceptors (Lipinski definition) is 4. The maximum Gasteiger partial charge on any atom is 0.387 e. The van der Waals surface area contributed by atoms with Gasteiger partial charge in [-0.15, -0.1) is 0 Å². The van der Waals surface area contributed by atoms with Crippen molar-refractivity contribution in [3.05, 3.63) is 71.9 Å². The Bertz CT molecular complexity index is 972. The summed E-state index contributed by atoms with van der Waals surface area (Å²) < 4.78 is 31.6. The highest BCUT2D eigenvalue weighted by molar-refractivity contribution is 5.79. The summed E-state index contributed by atoms with van der Waals surface area (Å²) >= 11 is 0. The summed E-state index contributed by atoms with van der Waals surface area (Å²) in [5, 5.41) is 6.28. The lowest BCUT2D eigenvalue weighted by Crippen LogP contribution is -2.36. The number of nitrogens with one attached hydrogen (secondary N) is 2. The van der Waals surface area contributed by atoms with Gasteiger partial charge in [0.25, 0.3) is 0 Å². The first-order valence-electron chi connectivity index (χ1n) is 9.57. The maximum absolute atomic E-state index is 12.6. The van der Waals surface area contributed by atoms with Gasteiger partial charge in [-0.25, -0.2) is 15.0 Å². The molecule has 0 atom stereocenters. The Kier molecular flexibility index (Phi) is 7.31. The van der Waals surface area contributed by atoms with Gasteiger partial charge < -0.3 is 15.4 Å². The lowest BCUT2D eigenvalue weighted by Gasteiger charge is -2.14. The Labute approximate surface area is 173 Å². The number of ether oxygens (including phenoxy) is 1. The number of rotatable bonds is 8. The molecule has 0 spiro atoms. The Hall–Kier alpha value is -3.49. The largest absolute Gasteiger partial charge is 0.434 e. The van der Waals surface area contributed by atoms with Crippen molar-refractivity contribution in [2.24, 2.45) is 4.99 Å². The van der Waals surface area contributed by atoms with E-state index in [0.717, 1.165) is 17.2 Å². The van der Waals surface area contributed by atoms with Crippen LogP contribution in [0.3, 0.4) is 0 Å². The zero-order valence-electron chi connectivity index (χ0n) is 16.8. The normalized spacial score (nSPS) is 11.6. The fourth-order valence-corrected chi connectivity index (χ4v) is 2.82. The Morgan fingerprint density at radius 3 is 2.67 bits per heavy atom. The predicted octanol–water partition coefficient (Wildman–Crippen LogP) is 3.43. The fraction of sp³-hybridized carbons (Fsp3) is 0.286. The zero-order chi connectivity index (χ0) is 21.3. The maximum atomic E-state index is 12.6. The number of alkyl halides is 2. The van der Waals surface area contributed by atoms with Crippen LogP contribution in [0.5, 0.6) is 5.75 Å². The molecule has 3 aromatic rings. The summed E-state index contributed by atoms with van der Waals surface area (Å²) in [6, 6.07) is 10.5. The molecular formula is C21H24F2N6O. The molecule has 0 amide bonds. The van der Waals surface area contributed by atoms with E-state index in [4.69, 9.17) is 0 Å². The molecule has 0 aliphatic heterocycles. The highest BCUT2D eigenvalue weighted by Gasteiger charge is 2.09. The molecule has 2 heterocycles. The Morgan fingerprint density at radius 1 is 1.17 bits per heavy atom. The van der Waals surface area contributed by atoms with E-state index in [1.54, 1.807) is 30.6 Å². The van der Waals surface area contributed by atoms with Gasteiger partial charge in [-0.3, -0.25) is 4.57 Å². The van der Waals surface area contributed by atoms with Gasteiger partial charge in [-0.05, 0) is 31.5 Å². The SMILES string of the molecule is CCNC(=NCc1ccc(-n2ccnc2C)nc1)NCc1ccccc1OC(F)F. The van der Waals surface area contributed by atoms with E-state index < -0.39 is 6.61 Å². The number of nitrogens with zero attached hydrogens (tertiary/aromatic N) is 4. The summed E-state index contributed by atoms with van der Waals surface area (Å²) in [7, 11) is 0. The minimum atomic E-state index is -2.87. The second kappa shape index (κ2) is 10.3. The molecule has 2 N–H and O–H groups in total. The van der Waals surface area contributed by atoms with E-state index >= 15 is 0 Å². The molecule has 0 unspecified atom stereocenters. The van der Waals surface area contributed by atoms with Crippen LogP contribution in [0.1, 0.15) is 23.9 Å². The average Bonchev–Trinajstić information content (AvgIpc) is 3.17. The second-order valence-electron chi connectivity index (χ2n) is 6.40. The molecule has 158 valence electrons. The molecule has 0 aliphatic carbocycles. The fourth-order valence-electron chi connectivity index (χ4n) is 2.82. The van der Waals surface area contributed by atoms with Crippen LogP contribution >= 0.6 is 0 Å². The van der Waals surface area contributed by atoms with Crippen molar-refractivity contribution in [2.45, 2.75) is 33.5 Å². The lowest BCUT2D eigenvalue weighted by atomic mass is 10.2. The van der Waals surface area contributed by atoms with E-state index in [0.29, 0.717) is 31.2 Å². The van der Waals surface area contributed by atoms with E-state index in [2.05, 4.69) is 30.3 Å². The summed E-state index contributed by atoms with van der Waals surface area (Å²) in [5.74, 6) is 2.37. The van der Waals surface area contributed by atoms with Crippen molar-refractivity contribution >= 4 is 5.96 Å². The molecule has 3 rings (SSSR count). The van der Waals surface area contributed by atoms with Gasteiger partial charge >= 0.3 is 6.61 Å². The topological polar surface area (TPSA) is 76.4 Å². The molecule has 7 nitrogen and oxygen atoms in total. The van der Waals surface area contributed by atoms with Crippen molar-refractivity contribution in [2.75, 3.05) is 6.54 Å². The molecule has 9 heteroatoms. The summed E-state index contributed by atoms with van der Waals surface area (Å²) in [5.41, 5.74) is 1.56. The first-order chi connectivity index (χ1) is 14.6. The summed E-state index contributed by atoms with van der Waals surface area (Å²) in [6.07, 6.45) is 5.36. The number of halogens is 2. The van der Waals surface area contributed by atoms with Crippen molar-refractivity contribution in [1.82, 2.24) is 25.2 Å². The molecule has 1 aromatic carbocycles. The van der Waals surface area contributed by atoms with E-state index in [-0.39, 0.29) is 5.75 Å². The Morgan fingerprint density at radius 2 is 2.00 bits per heavy atom. The zero-order valence-corrected chi connectivity index (χ0v) is 16.8. The van der Waals surface area contributed by atoms with Gasteiger partial charge in [0.05, 0.1) is 6.54 Å². The van der Waals surface area contributed by atoms with Crippen LogP contribution in [0.2, 0.25) is 0 Å². The van der Waals surface area contributed by atoms with Gasteiger partial charge in [0, 0.05) is 37.2 Å². The van der Waals surface area contributed by atoms with Gasteiger partial charge in [0.1, 0.15) is 17.4 Å². The molecule has 0 saturated heterocycles. The minimum absolute atomic E-state index is 0.144. The number of hydrogen-bond donors (Lipinski definition) is 2. The molecule has 2 aromatic heterocycles. The molecular weight excluding hydrogens is 390 g/mol. The number of aryl methyl sites for hydroxylation is 1. The third-order valence-electron chi connectivity index (χ3n) is 4.28. The smallest absolute Gasteiger partial charge is 0.387 e. The third kappa shape index (κ3) is 5.76. The van der Waals surface area contributed by atoms with Gasteiger partial charge in [0.15, 0.2) is 5.96 Å². The van der Waals surface area contributed by atoms with E-state index in [9.17, 15) is 8.78 Å². The van der Waals surface area contributed by atoms with Crippen LogP contribution < -0.4 is 15.4 Å². The highest BCUT2D eigenvalue weighted by Crippen LogP contribution is 2.20. The number of para-hydroxylation sites is 1. The summed E-state index contributed by atoms with van der Waals surface area (Å²) in [6.45, 7) is 2.38. The molecule has 0 saturated carbocycles. The first-order valence-corrected chi connectivity index (χ1v) is 9.57. The van der Waals surface area contributed by atoms with Crippen LogP contribution in [0.15, 0.2) is 60.0 Å². The Balaban J connectivity index is 1.64. The number of imidazole rings is 1. The highest BCUT2D eigenvalue weighted by atomic mass is 19.3. The van der Waals surface area contributed by atoms with E-state index in [1.165, 1.54) is 6.07 Å². The lowest BCUT2D eigenvalue weighted by molar-refractivity contribution is -0.0504. The quantitative estimate of drug-likeness (QED) is 0.436. The standard InChI is InChI=1S/C21H24F2N6O/c1-3-24-21(28-14-17-6-4-5-7-18(17)30-20(22)23)27-13-16-8-9-19(26-12-16)29-11-10-25-15(29)2/h4-12,20H,3,13-14H2,1-2H3,(H2,24,27,28). The van der Waals surface area contributed by atoms with Crippen LogP contribution in [0.25, 0.3) is 5.82 Å². The monoisotopic (exact) mass is 414 g/mol. The number of benzene rings is 1. The van der Waals surface area contributed by atoms with Crippen LogP contribution in [0.4, 0.5) is 8.78 Å². The number of pyridine rings is 1. The minimum Gasteiger partial charge on any atom is -0.434 e. The molecule has 0 radical (unpaired) electrons. The van der Waals surface area contributed by atoms with Crippen molar-refractivity contribution in [3.63, 3.8) is 0 Å². The molecule has 0 fully saturated rings. The molecule has 30 heavy (non-hydrogen) atoms. The van der Waals surface area contributed by atoms with Crippen molar-refractivity contribution in [3.8, 4) is 11.6 Å². The second-order valence-corrected chi connectivity index (χ2v) is 6.40.